The largest absolute Gasteiger partial charge is 0.303 e. The molecule has 2 heteroatoms. The van der Waals surface area contributed by atoms with Crippen LogP contribution in [0.4, 0.5) is 0 Å². The SMILES string of the molecule is Cc1cc(CC=O)ccc1Br. The van der Waals surface area contributed by atoms with Crippen molar-refractivity contribution in [1.82, 2.24) is 0 Å². The Morgan fingerprint density at radius 1 is 1.55 bits per heavy atom. The average molecular weight is 213 g/mol. The number of hydrogen-bond acceptors (Lipinski definition) is 1. The first-order chi connectivity index (χ1) is 5.24. The zero-order valence-electron chi connectivity index (χ0n) is 6.30. The van der Waals surface area contributed by atoms with Crippen molar-refractivity contribution < 1.29 is 4.79 Å². The summed E-state index contributed by atoms with van der Waals surface area (Å²) < 4.78 is 1.09. The molecule has 0 N–H and O–H groups in total. The van der Waals surface area contributed by atoms with Gasteiger partial charge in [0.1, 0.15) is 6.29 Å². The molecule has 0 fully saturated rings. The molecule has 1 aromatic rings. The molecule has 0 aliphatic carbocycles. The quantitative estimate of drug-likeness (QED) is 0.689. The van der Waals surface area contributed by atoms with Crippen LogP contribution in [0.25, 0.3) is 0 Å². The zero-order valence-corrected chi connectivity index (χ0v) is 7.89. The van der Waals surface area contributed by atoms with Gasteiger partial charge in [-0.1, -0.05) is 28.1 Å². The van der Waals surface area contributed by atoms with E-state index in [9.17, 15) is 4.79 Å². The highest BCUT2D eigenvalue weighted by Gasteiger charge is 1.95. The Morgan fingerprint density at radius 3 is 2.82 bits per heavy atom. The van der Waals surface area contributed by atoms with E-state index in [2.05, 4.69) is 15.9 Å². The van der Waals surface area contributed by atoms with E-state index in [1.807, 2.05) is 25.1 Å². The molecule has 0 heterocycles. The van der Waals surface area contributed by atoms with Crippen LogP contribution in [0, 0.1) is 6.92 Å². The van der Waals surface area contributed by atoms with Gasteiger partial charge in [-0.15, -0.1) is 0 Å². The maximum atomic E-state index is 10.2. The van der Waals surface area contributed by atoms with E-state index in [-0.39, 0.29) is 0 Å². The molecule has 0 bridgehead atoms. The number of aryl methyl sites for hydroxylation is 1. The Hall–Kier alpha value is -0.630. The summed E-state index contributed by atoms with van der Waals surface area (Å²) in [5, 5.41) is 0. The lowest BCUT2D eigenvalue weighted by atomic mass is 10.1. The van der Waals surface area contributed by atoms with Crippen LogP contribution >= 0.6 is 15.9 Å². The highest BCUT2D eigenvalue weighted by atomic mass is 79.9. The van der Waals surface area contributed by atoms with Gasteiger partial charge in [-0.05, 0) is 24.1 Å². The van der Waals surface area contributed by atoms with Crippen LogP contribution in [-0.4, -0.2) is 6.29 Å². The van der Waals surface area contributed by atoms with Gasteiger partial charge in [0.15, 0.2) is 0 Å². The number of hydrogen-bond donors (Lipinski definition) is 0. The zero-order chi connectivity index (χ0) is 8.27. The molecule has 0 saturated heterocycles. The molecule has 0 amide bonds. The van der Waals surface area contributed by atoms with Crippen LogP contribution in [0.3, 0.4) is 0 Å². The lowest BCUT2D eigenvalue weighted by molar-refractivity contribution is -0.107. The molecular weight excluding hydrogens is 204 g/mol. The van der Waals surface area contributed by atoms with Gasteiger partial charge >= 0.3 is 0 Å². The summed E-state index contributed by atoms with van der Waals surface area (Å²) in [5.74, 6) is 0. The molecule has 0 radical (unpaired) electrons. The molecule has 0 aromatic heterocycles. The van der Waals surface area contributed by atoms with Crippen LogP contribution in [0.5, 0.6) is 0 Å². The Bertz CT molecular complexity index is 268. The Morgan fingerprint density at radius 2 is 2.27 bits per heavy atom. The number of halogens is 1. The third-order valence-electron chi connectivity index (χ3n) is 1.54. The fraction of sp³-hybridized carbons (Fsp3) is 0.222. The lowest BCUT2D eigenvalue weighted by Crippen LogP contribution is -1.86. The summed E-state index contributed by atoms with van der Waals surface area (Å²) in [7, 11) is 0. The minimum Gasteiger partial charge on any atom is -0.303 e. The van der Waals surface area contributed by atoms with Crippen molar-refractivity contribution in [3.63, 3.8) is 0 Å². The topological polar surface area (TPSA) is 17.1 Å². The van der Waals surface area contributed by atoms with Gasteiger partial charge in [0.25, 0.3) is 0 Å². The van der Waals surface area contributed by atoms with Gasteiger partial charge in [0.05, 0.1) is 0 Å². The molecular formula is C9H9BrO. The molecule has 58 valence electrons. The molecule has 1 aromatic carbocycles. The summed E-state index contributed by atoms with van der Waals surface area (Å²) in [6, 6.07) is 5.93. The predicted octanol–water partition coefficient (Wildman–Crippen LogP) is 2.50. The summed E-state index contributed by atoms with van der Waals surface area (Å²) in [6.45, 7) is 2.01. The third kappa shape index (κ3) is 2.15. The first-order valence-corrected chi connectivity index (χ1v) is 4.22. The molecule has 0 aliphatic heterocycles. The number of carbonyl (C=O) groups is 1. The minimum absolute atomic E-state index is 0.508. The lowest BCUT2D eigenvalue weighted by Gasteiger charge is -1.99. The molecule has 0 atom stereocenters. The van der Waals surface area contributed by atoms with Gasteiger partial charge in [-0.3, -0.25) is 0 Å². The highest BCUT2D eigenvalue weighted by molar-refractivity contribution is 9.10. The summed E-state index contributed by atoms with van der Waals surface area (Å²) in [6.07, 6.45) is 1.43. The summed E-state index contributed by atoms with van der Waals surface area (Å²) >= 11 is 3.39. The second-order valence-corrected chi connectivity index (χ2v) is 3.31. The normalized spacial score (nSPS) is 9.64. The second kappa shape index (κ2) is 3.67. The molecule has 0 spiro atoms. The van der Waals surface area contributed by atoms with Crippen molar-refractivity contribution in [2.24, 2.45) is 0 Å². The minimum atomic E-state index is 0.508. The molecule has 11 heavy (non-hydrogen) atoms. The van der Waals surface area contributed by atoms with E-state index in [1.165, 1.54) is 5.56 Å². The summed E-state index contributed by atoms with van der Waals surface area (Å²) in [5.41, 5.74) is 2.24. The standard InChI is InChI=1S/C9H9BrO/c1-7-6-8(4-5-11)2-3-9(7)10/h2-3,5-6H,4H2,1H3. The van der Waals surface area contributed by atoms with Gasteiger partial charge in [-0.25, -0.2) is 0 Å². The van der Waals surface area contributed by atoms with E-state index < -0.39 is 0 Å². The van der Waals surface area contributed by atoms with Crippen LogP contribution < -0.4 is 0 Å². The number of rotatable bonds is 2. The molecule has 0 aliphatic rings. The predicted molar refractivity (Wildman–Crippen MR) is 48.6 cm³/mol. The van der Waals surface area contributed by atoms with Crippen molar-refractivity contribution in [3.05, 3.63) is 33.8 Å². The van der Waals surface area contributed by atoms with Crippen LogP contribution in [0.15, 0.2) is 22.7 Å². The van der Waals surface area contributed by atoms with Crippen molar-refractivity contribution in [2.75, 3.05) is 0 Å². The average Bonchev–Trinajstić information content (AvgIpc) is 1.98. The Kier molecular flexibility index (Phi) is 2.83. The molecule has 0 saturated carbocycles. The molecule has 1 nitrogen and oxygen atoms in total. The molecule has 1 rings (SSSR count). The maximum Gasteiger partial charge on any atom is 0.124 e. The van der Waals surface area contributed by atoms with Gasteiger partial charge in [0.2, 0.25) is 0 Å². The van der Waals surface area contributed by atoms with Crippen molar-refractivity contribution in [3.8, 4) is 0 Å². The number of aldehydes is 1. The highest BCUT2D eigenvalue weighted by Crippen LogP contribution is 2.16. The summed E-state index contributed by atoms with van der Waals surface area (Å²) in [4.78, 5) is 10.2. The first-order valence-electron chi connectivity index (χ1n) is 3.42. The van der Waals surface area contributed by atoms with Crippen molar-refractivity contribution in [2.45, 2.75) is 13.3 Å². The van der Waals surface area contributed by atoms with Crippen LogP contribution in [0.2, 0.25) is 0 Å². The molecule has 0 unspecified atom stereocenters. The van der Waals surface area contributed by atoms with E-state index in [4.69, 9.17) is 0 Å². The number of benzene rings is 1. The van der Waals surface area contributed by atoms with Gasteiger partial charge in [-0.2, -0.15) is 0 Å². The van der Waals surface area contributed by atoms with E-state index in [0.717, 1.165) is 16.3 Å². The fourth-order valence-corrected chi connectivity index (χ4v) is 1.18. The Labute approximate surface area is 74.6 Å². The van der Waals surface area contributed by atoms with Crippen LogP contribution in [-0.2, 0) is 11.2 Å². The fourth-order valence-electron chi connectivity index (χ4n) is 0.930. The van der Waals surface area contributed by atoms with E-state index >= 15 is 0 Å². The van der Waals surface area contributed by atoms with E-state index in [0.29, 0.717) is 6.42 Å². The monoisotopic (exact) mass is 212 g/mol. The Balaban J connectivity index is 2.95. The van der Waals surface area contributed by atoms with E-state index in [1.54, 1.807) is 0 Å². The van der Waals surface area contributed by atoms with Gasteiger partial charge in [0, 0.05) is 10.9 Å². The van der Waals surface area contributed by atoms with Crippen molar-refractivity contribution in [1.29, 1.82) is 0 Å². The van der Waals surface area contributed by atoms with Gasteiger partial charge < -0.3 is 4.79 Å². The smallest absolute Gasteiger partial charge is 0.124 e. The maximum absolute atomic E-state index is 10.2. The number of carbonyl (C=O) groups excluding carboxylic acids is 1. The second-order valence-electron chi connectivity index (χ2n) is 2.45. The van der Waals surface area contributed by atoms with Crippen LogP contribution in [0.1, 0.15) is 11.1 Å². The van der Waals surface area contributed by atoms with Crippen molar-refractivity contribution >= 4 is 22.2 Å². The third-order valence-corrected chi connectivity index (χ3v) is 2.43. The first kappa shape index (κ1) is 8.47.